The van der Waals surface area contributed by atoms with Crippen molar-refractivity contribution in [1.29, 1.82) is 0 Å². The molecule has 6 aromatic rings. The predicted octanol–water partition coefficient (Wildman–Crippen LogP) is 6.57. The van der Waals surface area contributed by atoms with E-state index in [-0.39, 0.29) is 5.82 Å². The molecule has 2 aromatic carbocycles. The molecule has 0 unspecified atom stereocenters. The molecule has 1 saturated heterocycles. The van der Waals surface area contributed by atoms with E-state index in [4.69, 9.17) is 0 Å². The second-order valence-corrected chi connectivity index (χ2v) is 9.71. The van der Waals surface area contributed by atoms with Crippen molar-refractivity contribution in [3.8, 4) is 33.8 Å². The minimum atomic E-state index is -0.281. The molecule has 37 heavy (non-hydrogen) atoms. The van der Waals surface area contributed by atoms with Gasteiger partial charge in [-0.05, 0) is 79.5 Å². The largest absolute Gasteiger partial charge is 0.353 e. The highest BCUT2D eigenvalue weighted by Gasteiger charge is 2.16. The number of nitrogens with one attached hydrogen (secondary N) is 2. The molecule has 0 amide bonds. The number of nitrogens with zero attached hydrogens (tertiary/aromatic N) is 4. The quantitative estimate of drug-likeness (QED) is 0.288. The van der Waals surface area contributed by atoms with Gasteiger partial charge in [0.05, 0.1) is 16.9 Å². The molecule has 7 heteroatoms. The van der Waals surface area contributed by atoms with Crippen LogP contribution in [0.3, 0.4) is 0 Å². The van der Waals surface area contributed by atoms with E-state index in [1.54, 1.807) is 12.3 Å². The van der Waals surface area contributed by atoms with Crippen LogP contribution in [0.4, 0.5) is 4.39 Å². The standard InChI is InChI=1S/C30H25FN6/c31-23-5-3-4-21(13-23)29-25-15-28(34-26(25)8-9-33-29)30-24-14-20(6-7-27(24)35-36-30)22-12-19(16-32-17-22)18-37-10-1-2-11-37/h3-9,12-17,34H,1-2,10-11,18H2,(H,35,36). The van der Waals surface area contributed by atoms with Gasteiger partial charge >= 0.3 is 0 Å². The molecule has 0 atom stereocenters. The van der Waals surface area contributed by atoms with E-state index < -0.39 is 0 Å². The molecular formula is C30H25FN6. The summed E-state index contributed by atoms with van der Waals surface area (Å²) in [5, 5.41) is 9.75. The summed E-state index contributed by atoms with van der Waals surface area (Å²) in [5.41, 5.74) is 8.51. The van der Waals surface area contributed by atoms with E-state index >= 15 is 0 Å². The minimum absolute atomic E-state index is 0.281. The molecule has 4 aromatic heterocycles. The molecule has 0 saturated carbocycles. The topological polar surface area (TPSA) is 73.5 Å². The molecule has 0 radical (unpaired) electrons. The molecule has 6 nitrogen and oxygen atoms in total. The van der Waals surface area contributed by atoms with Gasteiger partial charge in [-0.25, -0.2) is 4.39 Å². The summed E-state index contributed by atoms with van der Waals surface area (Å²) in [7, 11) is 0. The number of rotatable bonds is 5. The monoisotopic (exact) mass is 488 g/mol. The van der Waals surface area contributed by atoms with E-state index in [0.29, 0.717) is 0 Å². The maximum atomic E-state index is 13.9. The van der Waals surface area contributed by atoms with Crippen molar-refractivity contribution in [3.05, 3.63) is 90.6 Å². The molecule has 0 aliphatic carbocycles. The number of H-pyrrole nitrogens is 2. The lowest BCUT2D eigenvalue weighted by atomic mass is 10.0. The van der Waals surface area contributed by atoms with Crippen molar-refractivity contribution in [3.63, 3.8) is 0 Å². The van der Waals surface area contributed by atoms with Crippen LogP contribution in [0.5, 0.6) is 0 Å². The molecular weight excluding hydrogens is 463 g/mol. The Morgan fingerprint density at radius 1 is 0.811 bits per heavy atom. The molecule has 1 fully saturated rings. The van der Waals surface area contributed by atoms with Crippen LogP contribution in [0, 0.1) is 5.82 Å². The van der Waals surface area contributed by atoms with E-state index in [0.717, 1.165) is 75.2 Å². The Labute approximate surface area is 213 Å². The number of fused-ring (bicyclic) bond motifs is 2. The van der Waals surface area contributed by atoms with Crippen LogP contribution in [0.25, 0.3) is 55.6 Å². The number of hydrogen-bond acceptors (Lipinski definition) is 4. The number of aromatic nitrogens is 5. The normalized spacial score (nSPS) is 14.2. The summed E-state index contributed by atoms with van der Waals surface area (Å²) < 4.78 is 13.9. The lowest BCUT2D eigenvalue weighted by molar-refractivity contribution is 0.331. The Kier molecular flexibility index (Phi) is 5.29. The summed E-state index contributed by atoms with van der Waals surface area (Å²) in [6, 6.07) is 19.1. The van der Waals surface area contributed by atoms with Gasteiger partial charge in [0.2, 0.25) is 0 Å². The first-order valence-corrected chi connectivity index (χ1v) is 12.6. The van der Waals surface area contributed by atoms with Crippen LogP contribution < -0.4 is 0 Å². The van der Waals surface area contributed by atoms with Gasteiger partial charge in [0.1, 0.15) is 11.5 Å². The molecule has 0 spiro atoms. The van der Waals surface area contributed by atoms with Crippen molar-refractivity contribution >= 4 is 21.8 Å². The minimum Gasteiger partial charge on any atom is -0.353 e. The summed E-state index contributed by atoms with van der Waals surface area (Å²) >= 11 is 0. The first-order chi connectivity index (χ1) is 18.2. The van der Waals surface area contributed by atoms with Crippen LogP contribution >= 0.6 is 0 Å². The van der Waals surface area contributed by atoms with Crippen LogP contribution in [0.2, 0.25) is 0 Å². The second kappa shape index (κ2) is 8.94. The summed E-state index contributed by atoms with van der Waals surface area (Å²) in [6.07, 6.45) is 8.19. The van der Waals surface area contributed by atoms with Crippen molar-refractivity contribution < 1.29 is 4.39 Å². The number of hydrogen-bond donors (Lipinski definition) is 2. The zero-order valence-electron chi connectivity index (χ0n) is 20.2. The number of benzene rings is 2. The first-order valence-electron chi connectivity index (χ1n) is 12.6. The Hall–Kier alpha value is -4.36. The van der Waals surface area contributed by atoms with Gasteiger partial charge in [-0.2, -0.15) is 5.10 Å². The van der Waals surface area contributed by atoms with E-state index in [1.165, 1.54) is 30.5 Å². The third-order valence-corrected chi connectivity index (χ3v) is 7.20. The molecule has 182 valence electrons. The Bertz CT molecular complexity index is 1740. The summed E-state index contributed by atoms with van der Waals surface area (Å²) in [6.45, 7) is 3.27. The number of aromatic amines is 2. The second-order valence-electron chi connectivity index (χ2n) is 9.71. The van der Waals surface area contributed by atoms with Gasteiger partial charge in [-0.15, -0.1) is 0 Å². The molecule has 5 heterocycles. The molecule has 2 N–H and O–H groups in total. The Morgan fingerprint density at radius 3 is 2.59 bits per heavy atom. The van der Waals surface area contributed by atoms with Gasteiger partial charge in [-0.1, -0.05) is 18.2 Å². The molecule has 1 aliphatic rings. The van der Waals surface area contributed by atoms with Crippen molar-refractivity contribution in [2.75, 3.05) is 13.1 Å². The zero-order valence-corrected chi connectivity index (χ0v) is 20.2. The zero-order chi connectivity index (χ0) is 24.8. The van der Waals surface area contributed by atoms with Crippen molar-refractivity contribution in [1.82, 2.24) is 30.0 Å². The fourth-order valence-corrected chi connectivity index (χ4v) is 5.38. The van der Waals surface area contributed by atoms with Gasteiger partial charge in [-0.3, -0.25) is 20.0 Å². The van der Waals surface area contributed by atoms with E-state index in [1.807, 2.05) is 30.6 Å². The average Bonchev–Trinajstić information content (AvgIpc) is 3.67. The van der Waals surface area contributed by atoms with E-state index in [2.05, 4.69) is 54.3 Å². The molecule has 0 bridgehead atoms. The van der Waals surface area contributed by atoms with Crippen molar-refractivity contribution in [2.45, 2.75) is 19.4 Å². The Balaban J connectivity index is 1.28. The first kappa shape index (κ1) is 21.9. The maximum Gasteiger partial charge on any atom is 0.123 e. The van der Waals surface area contributed by atoms with Crippen LogP contribution in [-0.2, 0) is 6.54 Å². The van der Waals surface area contributed by atoms with Gasteiger partial charge in [0.25, 0.3) is 0 Å². The van der Waals surface area contributed by atoms with Crippen LogP contribution in [0.15, 0.2) is 79.3 Å². The summed E-state index contributed by atoms with van der Waals surface area (Å²) in [5.74, 6) is -0.281. The highest BCUT2D eigenvalue weighted by atomic mass is 19.1. The smallest absolute Gasteiger partial charge is 0.123 e. The number of pyridine rings is 2. The fourth-order valence-electron chi connectivity index (χ4n) is 5.38. The third-order valence-electron chi connectivity index (χ3n) is 7.20. The molecule has 1 aliphatic heterocycles. The molecule has 7 rings (SSSR count). The maximum absolute atomic E-state index is 13.9. The number of likely N-dealkylation sites (tertiary alicyclic amines) is 1. The average molecular weight is 489 g/mol. The van der Waals surface area contributed by atoms with Gasteiger partial charge < -0.3 is 4.98 Å². The highest BCUT2D eigenvalue weighted by molar-refractivity contribution is 6.00. The number of halogens is 1. The fraction of sp³-hybridized carbons (Fsp3) is 0.167. The van der Waals surface area contributed by atoms with Crippen LogP contribution in [0.1, 0.15) is 18.4 Å². The van der Waals surface area contributed by atoms with Gasteiger partial charge in [0.15, 0.2) is 0 Å². The lowest BCUT2D eigenvalue weighted by Crippen LogP contribution is -2.18. The Morgan fingerprint density at radius 2 is 1.70 bits per heavy atom. The highest BCUT2D eigenvalue weighted by Crippen LogP contribution is 2.34. The van der Waals surface area contributed by atoms with E-state index in [9.17, 15) is 4.39 Å². The van der Waals surface area contributed by atoms with Gasteiger partial charge in [0, 0.05) is 52.6 Å². The van der Waals surface area contributed by atoms with Crippen molar-refractivity contribution in [2.24, 2.45) is 0 Å². The SMILES string of the molecule is Fc1cccc(-c2nccc3[nH]c(-c4n[nH]c5ccc(-c6cncc(CN7CCCC7)c6)cc45)cc23)c1. The summed E-state index contributed by atoms with van der Waals surface area (Å²) in [4.78, 5) is 15.1. The lowest BCUT2D eigenvalue weighted by Gasteiger charge is -2.14. The predicted molar refractivity (Wildman–Crippen MR) is 144 cm³/mol. The third kappa shape index (κ3) is 4.07. The van der Waals surface area contributed by atoms with Crippen LogP contribution in [-0.4, -0.2) is 43.1 Å².